The first kappa shape index (κ1) is 9.43. The molecule has 0 spiro atoms. The molecule has 28 valence electrons. The molecule has 0 radical (unpaired) electrons. The molecule has 0 aromatic rings. The van der Waals surface area contributed by atoms with Gasteiger partial charge in [0.1, 0.15) is 0 Å². The zero-order valence-electron chi connectivity index (χ0n) is 2.35. The second-order valence-electron chi connectivity index (χ2n) is 0.201. The van der Waals surface area contributed by atoms with Gasteiger partial charge in [0, 0.05) is 32.0 Å². The van der Waals surface area contributed by atoms with Crippen LogP contribution in [0, 0.1) is 10.8 Å². The molecule has 0 fully saturated rings. The average Bonchev–Trinajstić information content (AvgIpc) is 0.811. The molecule has 5 heteroatoms. The monoisotopic (exact) mass is 198 g/mol. The third-order valence-electron chi connectivity index (χ3n) is 0. The van der Waals surface area contributed by atoms with E-state index in [2.05, 4.69) is 0 Å². The summed E-state index contributed by atoms with van der Waals surface area (Å²) in [6, 6.07) is 0. The zero-order valence-corrected chi connectivity index (χ0v) is 7.14. The van der Waals surface area contributed by atoms with Crippen molar-refractivity contribution in [1.29, 1.82) is 0 Å². The number of rotatable bonds is 0. The largest absolute Gasteiger partial charge is 0.321 e. The van der Waals surface area contributed by atoms with Crippen LogP contribution in [-0.2, 0) is 27.3 Å². The molecule has 0 atom stereocenters. The Bertz CT molecular complexity index is 11.6. The third kappa shape index (κ3) is 40.8. The molecule has 0 aliphatic heterocycles. The van der Waals surface area contributed by atoms with E-state index in [0.29, 0.717) is 0 Å². The Morgan fingerprint density at radius 2 is 1.40 bits per heavy atom. The maximum atomic E-state index is 8.52. The predicted octanol–water partition coefficient (Wildman–Crippen LogP) is -2.94. The van der Waals surface area contributed by atoms with Crippen molar-refractivity contribution < 1.29 is 52.1 Å². The van der Waals surface area contributed by atoms with Crippen molar-refractivity contribution in [1.82, 2.24) is 0 Å². The summed E-state index contributed by atoms with van der Waals surface area (Å²) in [6.07, 6.45) is 0. The second kappa shape index (κ2) is 5.09. The Balaban J connectivity index is 0. The molecule has 0 saturated carbocycles. The Kier molecular flexibility index (Phi) is 9.61. The van der Waals surface area contributed by atoms with Gasteiger partial charge in [0.15, 0.2) is 0 Å². The standard InChI is InChI=1S/Cd.ClHO3/c;2-1(3)4/h;2H. The third-order valence-corrected chi connectivity index (χ3v) is 0. The van der Waals surface area contributed by atoms with Crippen molar-refractivity contribution in [2.24, 2.45) is 0 Å². The summed E-state index contributed by atoms with van der Waals surface area (Å²) >= 11 is 0. The van der Waals surface area contributed by atoms with Crippen LogP contribution in [0.15, 0.2) is 0 Å². The van der Waals surface area contributed by atoms with Crippen LogP contribution in [0.3, 0.4) is 0 Å². The minimum absolute atomic E-state index is 0. The van der Waals surface area contributed by atoms with Gasteiger partial charge < -0.3 is 9.32 Å². The molecule has 3 nitrogen and oxygen atoms in total. The van der Waals surface area contributed by atoms with Crippen molar-refractivity contribution in [3.05, 3.63) is 0 Å². The molecule has 0 bridgehead atoms. The van der Waals surface area contributed by atoms with Gasteiger partial charge >= 0.3 is 0 Å². The molecule has 0 aliphatic carbocycles. The second-order valence-corrected chi connectivity index (χ2v) is 0.603. The zero-order chi connectivity index (χ0) is 3.58. The molecular weight excluding hydrogens is 196 g/mol. The summed E-state index contributed by atoms with van der Waals surface area (Å²) in [5, 5.41) is 0. The van der Waals surface area contributed by atoms with Gasteiger partial charge in [-0.05, 0) is 0 Å². The molecule has 0 amide bonds. The summed E-state index contributed by atoms with van der Waals surface area (Å²) in [7, 11) is -2.60. The number of hydrogen-bond acceptors (Lipinski definition) is 3. The normalized spacial score (nSPS) is 7.20. The Morgan fingerprint density at radius 3 is 1.40 bits per heavy atom. The molecule has 0 rings (SSSR count). The van der Waals surface area contributed by atoms with Gasteiger partial charge in [0.25, 0.3) is 10.8 Å². The van der Waals surface area contributed by atoms with Gasteiger partial charge in [-0.3, -0.25) is 0 Å². The van der Waals surface area contributed by atoms with Gasteiger partial charge in [-0.15, -0.1) is 0 Å². The van der Waals surface area contributed by atoms with Gasteiger partial charge in [-0.25, -0.2) is 0 Å². The first-order valence-electron chi connectivity index (χ1n) is 0.478. The fourth-order valence-corrected chi connectivity index (χ4v) is 0. The van der Waals surface area contributed by atoms with Crippen LogP contribution in [-0.4, -0.2) is 4.66 Å². The summed E-state index contributed by atoms with van der Waals surface area (Å²) in [5.41, 5.74) is 0. The van der Waals surface area contributed by atoms with Crippen molar-refractivity contribution in [2.75, 3.05) is 0 Å². The van der Waals surface area contributed by atoms with Crippen molar-refractivity contribution in [3.63, 3.8) is 0 Å². The topological polar surface area (TPSA) is 66.3 Å². The van der Waals surface area contributed by atoms with E-state index < -0.39 is 10.8 Å². The van der Waals surface area contributed by atoms with E-state index in [0.717, 1.165) is 0 Å². The van der Waals surface area contributed by atoms with Crippen molar-refractivity contribution in [3.8, 4) is 0 Å². The molecule has 5 heavy (non-hydrogen) atoms. The van der Waals surface area contributed by atoms with Gasteiger partial charge in [0.05, 0.1) is 0 Å². The quantitative estimate of drug-likeness (QED) is 0.422. The van der Waals surface area contributed by atoms with Crippen LogP contribution in [0.1, 0.15) is 0 Å². The van der Waals surface area contributed by atoms with Crippen LogP contribution >= 0.6 is 0 Å². The molecule has 0 aliphatic rings. The molecular formula is HCdClO3. The maximum absolute atomic E-state index is 8.52. The van der Waals surface area contributed by atoms with E-state index in [4.69, 9.17) is 14.0 Å². The first-order valence-corrected chi connectivity index (χ1v) is 1.43. The van der Waals surface area contributed by atoms with Crippen LogP contribution < -0.4 is 9.32 Å². The maximum Gasteiger partial charge on any atom is 0.282 e. The fraction of sp³-hybridized carbons (Fsp3) is 0. The summed E-state index contributed by atoms with van der Waals surface area (Å²) in [6.45, 7) is 0. The minimum Gasteiger partial charge on any atom is -0.321 e. The predicted molar refractivity (Wildman–Crippen MR) is 2.22 cm³/mol. The van der Waals surface area contributed by atoms with Crippen LogP contribution in [0.4, 0.5) is 0 Å². The molecule has 0 saturated heterocycles. The molecule has 1 N–H and O–H groups in total. The fourth-order valence-electron chi connectivity index (χ4n) is 0. The van der Waals surface area contributed by atoms with Gasteiger partial charge in [-0.1, -0.05) is 0 Å². The number of hydrogen-bond donors (Lipinski definition) is 1. The van der Waals surface area contributed by atoms with E-state index in [1.807, 2.05) is 0 Å². The van der Waals surface area contributed by atoms with Crippen molar-refractivity contribution in [2.45, 2.75) is 0 Å². The van der Waals surface area contributed by atoms with Gasteiger partial charge in [0.2, 0.25) is 0 Å². The SMILES string of the molecule is [Cd].[O-][Cl+2]([O-])O. The average molecular weight is 197 g/mol. The Hall–Kier alpha value is 1.09. The minimum atomic E-state index is -2.60. The molecule has 0 aromatic carbocycles. The van der Waals surface area contributed by atoms with Crippen LogP contribution in [0.25, 0.3) is 0 Å². The van der Waals surface area contributed by atoms with Crippen LogP contribution in [0.2, 0.25) is 0 Å². The Morgan fingerprint density at radius 1 is 1.40 bits per heavy atom. The summed E-state index contributed by atoms with van der Waals surface area (Å²) < 4.78 is 24.0. The van der Waals surface area contributed by atoms with E-state index >= 15 is 0 Å². The van der Waals surface area contributed by atoms with Gasteiger partial charge in [-0.2, -0.15) is 0 Å². The van der Waals surface area contributed by atoms with E-state index in [9.17, 15) is 0 Å². The molecule has 0 aromatic heterocycles. The van der Waals surface area contributed by atoms with E-state index in [1.165, 1.54) is 0 Å². The Labute approximate surface area is 52.2 Å². The summed E-state index contributed by atoms with van der Waals surface area (Å²) in [5.74, 6) is 0. The first-order chi connectivity index (χ1) is 1.73. The molecule has 0 heterocycles. The summed E-state index contributed by atoms with van der Waals surface area (Å²) in [4.78, 5) is 0. The van der Waals surface area contributed by atoms with Crippen molar-refractivity contribution >= 4 is 0 Å². The van der Waals surface area contributed by atoms with E-state index in [1.54, 1.807) is 0 Å². The number of halogens is 1. The van der Waals surface area contributed by atoms with E-state index in [-0.39, 0.29) is 27.3 Å². The molecule has 0 unspecified atom stereocenters. The smallest absolute Gasteiger partial charge is 0.282 e. The van der Waals surface area contributed by atoms with Crippen LogP contribution in [0.5, 0.6) is 0 Å².